The number of benzene rings is 2. The van der Waals surface area contributed by atoms with Crippen LogP contribution in [0.4, 0.5) is 35.4 Å². The molecule has 15 heteroatoms. The lowest BCUT2D eigenvalue weighted by Crippen LogP contribution is -2.52. The predicted molar refractivity (Wildman–Crippen MR) is 180 cm³/mol. The van der Waals surface area contributed by atoms with E-state index < -0.39 is 17.6 Å². The molecule has 2 amide bonds. The summed E-state index contributed by atoms with van der Waals surface area (Å²) in [5.74, 6) is 5.45. The van der Waals surface area contributed by atoms with Crippen LogP contribution in [0.2, 0.25) is 0 Å². The number of rotatable bonds is 8. The summed E-state index contributed by atoms with van der Waals surface area (Å²) in [7, 11) is 2.11. The fourth-order valence-electron chi connectivity index (χ4n) is 5.84. The van der Waals surface area contributed by atoms with Crippen molar-refractivity contribution in [2.75, 3.05) is 66.9 Å². The van der Waals surface area contributed by atoms with Gasteiger partial charge in [0.1, 0.15) is 0 Å². The number of likely N-dealkylation sites (N-methyl/N-ethyl adjacent to an activating group) is 1. The minimum Gasteiger partial charge on any atom is -0.396 e. The van der Waals surface area contributed by atoms with Gasteiger partial charge in [0.15, 0.2) is 5.13 Å². The molecule has 1 aromatic heterocycles. The maximum atomic E-state index is 14.0. The number of nitrogens with one attached hydrogen (secondary N) is 2. The van der Waals surface area contributed by atoms with Crippen molar-refractivity contribution in [3.63, 3.8) is 0 Å². The van der Waals surface area contributed by atoms with E-state index >= 15 is 0 Å². The summed E-state index contributed by atoms with van der Waals surface area (Å²) >= 11 is 1.17. The Labute approximate surface area is 276 Å². The molecule has 0 unspecified atom stereocenters. The van der Waals surface area contributed by atoms with E-state index in [2.05, 4.69) is 32.5 Å². The molecule has 6 N–H and O–H groups in total. The maximum Gasteiger partial charge on any atom is 0.416 e. The van der Waals surface area contributed by atoms with Crippen LogP contribution in [0.1, 0.15) is 46.1 Å². The quantitative estimate of drug-likeness (QED) is 0.201. The van der Waals surface area contributed by atoms with Gasteiger partial charge in [-0.05, 0) is 62.7 Å². The number of anilines is 4. The smallest absolute Gasteiger partial charge is 0.396 e. The summed E-state index contributed by atoms with van der Waals surface area (Å²) in [5, 5.41) is 6.90. The third-order valence-corrected chi connectivity index (χ3v) is 9.45. The Hall–Kier alpha value is -4.18. The molecule has 0 spiro atoms. The summed E-state index contributed by atoms with van der Waals surface area (Å²) in [5.41, 5.74) is 7.54. The Morgan fingerprint density at radius 1 is 1.04 bits per heavy atom. The number of alkyl halides is 3. The van der Waals surface area contributed by atoms with E-state index in [4.69, 9.17) is 11.6 Å². The van der Waals surface area contributed by atoms with E-state index in [-0.39, 0.29) is 22.9 Å². The molecule has 2 saturated heterocycles. The van der Waals surface area contributed by atoms with E-state index in [0.29, 0.717) is 40.5 Å². The number of carbonyl (C=O) groups is 2. The van der Waals surface area contributed by atoms with Crippen LogP contribution in [-0.4, -0.2) is 79.0 Å². The Bertz CT molecular complexity index is 1630. The number of aromatic nitrogens is 1. The molecule has 5 rings (SSSR count). The minimum absolute atomic E-state index is 0.0528. The van der Waals surface area contributed by atoms with Crippen LogP contribution in [0.25, 0.3) is 5.70 Å². The van der Waals surface area contributed by atoms with E-state index in [1.165, 1.54) is 35.7 Å². The van der Waals surface area contributed by atoms with E-state index in [1.54, 1.807) is 31.2 Å². The highest BCUT2D eigenvalue weighted by Crippen LogP contribution is 2.36. The van der Waals surface area contributed by atoms with Gasteiger partial charge in [0.25, 0.3) is 5.91 Å². The van der Waals surface area contributed by atoms with Gasteiger partial charge in [-0.3, -0.25) is 19.5 Å². The summed E-state index contributed by atoms with van der Waals surface area (Å²) < 4.78 is 42.0. The topological polar surface area (TPSA) is 136 Å². The highest BCUT2D eigenvalue weighted by molar-refractivity contribution is 7.16. The number of hydrazine groups is 1. The molecule has 2 aliphatic rings. The number of nitrogens with two attached hydrogens (primary N) is 2. The molecule has 0 atom stereocenters. The van der Waals surface area contributed by atoms with Gasteiger partial charge in [-0.25, -0.2) is 10.8 Å². The van der Waals surface area contributed by atoms with E-state index in [9.17, 15) is 22.8 Å². The SMILES string of the molecule is CC(=O)Nc1ncc(/C(N)=C/N(N)c2cc(C(=O)Nc3cc(N4CCC(N5CCN(C)CC5)CC4)cc(C(F)(F)F)c3)ccc2C)s1. The highest BCUT2D eigenvalue weighted by Gasteiger charge is 2.33. The molecule has 2 aliphatic heterocycles. The van der Waals surface area contributed by atoms with Crippen molar-refractivity contribution in [2.24, 2.45) is 11.6 Å². The molecule has 2 fully saturated rings. The van der Waals surface area contributed by atoms with Crippen LogP contribution in [0, 0.1) is 6.92 Å². The molecule has 11 nitrogen and oxygen atoms in total. The van der Waals surface area contributed by atoms with Crippen LogP contribution in [0.5, 0.6) is 0 Å². The second-order valence-electron chi connectivity index (χ2n) is 12.0. The zero-order valence-electron chi connectivity index (χ0n) is 26.6. The number of halogens is 3. The summed E-state index contributed by atoms with van der Waals surface area (Å²) in [6.07, 6.45) is 0.105. The largest absolute Gasteiger partial charge is 0.416 e. The average Bonchev–Trinajstić information content (AvgIpc) is 3.49. The van der Waals surface area contributed by atoms with Gasteiger partial charge in [0, 0.05) is 81.6 Å². The monoisotopic (exact) mass is 671 g/mol. The summed E-state index contributed by atoms with van der Waals surface area (Å²) in [4.78, 5) is 36.1. The van der Waals surface area contributed by atoms with Crippen LogP contribution < -0.4 is 32.1 Å². The number of nitrogens with zero attached hydrogens (tertiary/aromatic N) is 5. The third kappa shape index (κ3) is 8.60. The number of piperidine rings is 1. The zero-order chi connectivity index (χ0) is 33.9. The lowest BCUT2D eigenvalue weighted by Gasteiger charge is -2.42. The first-order valence-electron chi connectivity index (χ1n) is 15.3. The number of piperazine rings is 1. The first kappa shape index (κ1) is 34.2. The Morgan fingerprint density at radius 3 is 2.40 bits per heavy atom. The van der Waals surface area contributed by atoms with Crippen molar-refractivity contribution in [1.29, 1.82) is 0 Å². The lowest BCUT2D eigenvalue weighted by molar-refractivity contribution is -0.137. The van der Waals surface area contributed by atoms with Gasteiger partial charge in [-0.2, -0.15) is 13.2 Å². The molecule has 2 aromatic carbocycles. The van der Waals surface area contributed by atoms with Gasteiger partial charge >= 0.3 is 6.18 Å². The molecule has 0 saturated carbocycles. The normalized spacial score (nSPS) is 17.1. The number of hydrogen-bond donors (Lipinski definition) is 4. The second-order valence-corrected chi connectivity index (χ2v) is 13.0. The summed E-state index contributed by atoms with van der Waals surface area (Å²) in [6.45, 7) is 8.47. The van der Waals surface area contributed by atoms with Crippen molar-refractivity contribution in [3.8, 4) is 0 Å². The minimum atomic E-state index is -4.59. The maximum absolute atomic E-state index is 14.0. The Kier molecular flexibility index (Phi) is 10.4. The second kappa shape index (κ2) is 14.3. The number of thiazole rings is 1. The van der Waals surface area contributed by atoms with Crippen molar-refractivity contribution in [2.45, 2.75) is 38.9 Å². The van der Waals surface area contributed by atoms with Gasteiger partial charge < -0.3 is 26.2 Å². The van der Waals surface area contributed by atoms with Crippen molar-refractivity contribution in [3.05, 3.63) is 70.4 Å². The molecular weight excluding hydrogens is 631 g/mol. The lowest BCUT2D eigenvalue weighted by atomic mass is 10.0. The molecule has 0 aliphatic carbocycles. The number of aryl methyl sites for hydroxylation is 1. The molecule has 0 radical (unpaired) electrons. The fraction of sp³-hybridized carbons (Fsp3) is 0.406. The Balaban J connectivity index is 1.31. The molecule has 252 valence electrons. The molecule has 3 heterocycles. The average molecular weight is 672 g/mol. The first-order chi connectivity index (χ1) is 22.3. The third-order valence-electron chi connectivity index (χ3n) is 8.49. The van der Waals surface area contributed by atoms with E-state index in [0.717, 1.165) is 56.7 Å². The van der Waals surface area contributed by atoms with Gasteiger partial charge in [0.2, 0.25) is 5.91 Å². The highest BCUT2D eigenvalue weighted by atomic mass is 32.1. The van der Waals surface area contributed by atoms with Crippen LogP contribution in [0.15, 0.2) is 48.8 Å². The zero-order valence-corrected chi connectivity index (χ0v) is 27.4. The van der Waals surface area contributed by atoms with Crippen LogP contribution >= 0.6 is 11.3 Å². The number of amides is 2. The first-order valence-corrected chi connectivity index (χ1v) is 16.2. The molecule has 0 bridgehead atoms. The number of carbonyl (C=O) groups excluding carboxylic acids is 2. The van der Waals surface area contributed by atoms with Gasteiger partial charge in [0.05, 0.1) is 21.8 Å². The predicted octanol–water partition coefficient (Wildman–Crippen LogP) is 4.53. The van der Waals surface area contributed by atoms with Crippen molar-refractivity contribution in [1.82, 2.24) is 14.8 Å². The number of hydrogen-bond acceptors (Lipinski definition) is 10. The Morgan fingerprint density at radius 2 is 1.74 bits per heavy atom. The summed E-state index contributed by atoms with van der Waals surface area (Å²) in [6, 6.07) is 8.93. The molecule has 47 heavy (non-hydrogen) atoms. The van der Waals surface area contributed by atoms with Crippen LogP contribution in [0.3, 0.4) is 0 Å². The van der Waals surface area contributed by atoms with Crippen molar-refractivity contribution >= 4 is 51.0 Å². The van der Waals surface area contributed by atoms with Crippen LogP contribution in [-0.2, 0) is 11.0 Å². The standard InChI is InChI=1S/C32H40F3N9O2S/c1-20-4-5-22(14-28(20)44(37)19-27(36)29-18-38-31(47-29)39-21(2)45)30(46)40-24-15-23(32(33,34)35)16-26(17-24)42-8-6-25(7-9-42)43-12-10-41(3)11-13-43/h4-5,14-19,25H,6-13,36-37H2,1-3H3,(H,40,46)(H,38,39,45)/b27-19-. The molecule has 3 aromatic rings. The molecular formula is C32H40F3N9O2S. The van der Waals surface area contributed by atoms with Crippen molar-refractivity contribution < 1.29 is 22.8 Å². The van der Waals surface area contributed by atoms with E-state index in [1.807, 2.05) is 4.90 Å². The fourth-order valence-corrected chi connectivity index (χ4v) is 6.62. The van der Waals surface area contributed by atoms with Gasteiger partial charge in [-0.1, -0.05) is 17.4 Å². The van der Waals surface area contributed by atoms with Gasteiger partial charge in [-0.15, -0.1) is 0 Å².